The van der Waals surface area contributed by atoms with Crippen molar-refractivity contribution in [3.8, 4) is 5.75 Å². The molecule has 1 aromatic carbocycles. The number of amides is 1. The molecular formula is C17H20N2O5. The number of para-hydroxylation sites is 1. The van der Waals surface area contributed by atoms with Gasteiger partial charge < -0.3 is 9.64 Å². The monoisotopic (exact) mass is 332 g/mol. The number of likely N-dealkylation sites (tertiary alicyclic amines) is 1. The number of rotatable bonds is 4. The van der Waals surface area contributed by atoms with Crippen molar-refractivity contribution in [2.75, 3.05) is 13.1 Å². The molecule has 0 N–H and O–H groups in total. The zero-order valence-electron chi connectivity index (χ0n) is 13.6. The number of carbonyl (C=O) groups excluding carboxylic acids is 2. The molecule has 0 unspecified atom stereocenters. The molecule has 2 fully saturated rings. The minimum atomic E-state index is -0.540. The molecule has 0 bridgehead atoms. The molecule has 2 aliphatic rings. The summed E-state index contributed by atoms with van der Waals surface area (Å²) in [5.74, 6) is -0.721. The number of piperidine rings is 1. The fourth-order valence-electron chi connectivity index (χ4n) is 3.10. The summed E-state index contributed by atoms with van der Waals surface area (Å²) in [6.07, 6.45) is 3.24. The molecule has 0 aromatic heterocycles. The Hall–Kier alpha value is -2.44. The van der Waals surface area contributed by atoms with Gasteiger partial charge in [0.1, 0.15) is 0 Å². The number of esters is 1. The molecule has 0 spiro atoms. The molecule has 1 amide bonds. The van der Waals surface area contributed by atoms with Crippen molar-refractivity contribution in [1.29, 1.82) is 0 Å². The van der Waals surface area contributed by atoms with Crippen LogP contribution in [-0.4, -0.2) is 34.8 Å². The van der Waals surface area contributed by atoms with Gasteiger partial charge in [-0.3, -0.25) is 19.7 Å². The van der Waals surface area contributed by atoms with E-state index in [2.05, 4.69) is 0 Å². The fourth-order valence-corrected chi connectivity index (χ4v) is 3.10. The highest BCUT2D eigenvalue weighted by Crippen LogP contribution is 2.34. The molecule has 1 saturated carbocycles. The Bertz CT molecular complexity index is 684. The van der Waals surface area contributed by atoms with Crippen LogP contribution in [0, 0.1) is 28.9 Å². The Labute approximate surface area is 139 Å². The summed E-state index contributed by atoms with van der Waals surface area (Å²) in [4.78, 5) is 37.0. The third-order valence-electron chi connectivity index (χ3n) is 4.59. The fraction of sp³-hybridized carbons (Fsp3) is 0.529. The summed E-state index contributed by atoms with van der Waals surface area (Å²) in [6, 6.07) is 4.65. The van der Waals surface area contributed by atoms with Gasteiger partial charge in [0.2, 0.25) is 11.7 Å². The minimum absolute atomic E-state index is 0.0318. The molecular weight excluding hydrogens is 312 g/mol. The molecule has 128 valence electrons. The van der Waals surface area contributed by atoms with Gasteiger partial charge in [-0.25, -0.2) is 0 Å². The lowest BCUT2D eigenvalue weighted by molar-refractivity contribution is -0.386. The van der Waals surface area contributed by atoms with Gasteiger partial charge in [0.05, 0.1) is 10.8 Å². The Kier molecular flexibility index (Phi) is 4.51. The van der Waals surface area contributed by atoms with Crippen LogP contribution in [-0.2, 0) is 9.59 Å². The van der Waals surface area contributed by atoms with Crippen molar-refractivity contribution >= 4 is 17.6 Å². The van der Waals surface area contributed by atoms with Crippen molar-refractivity contribution in [3.63, 3.8) is 0 Å². The SMILES string of the molecule is Cc1cccc(OC(=O)[C@@H]2CCCN(C(=O)C3CC3)C2)c1[N+](=O)[O-]. The average molecular weight is 332 g/mol. The summed E-state index contributed by atoms with van der Waals surface area (Å²) in [5.41, 5.74) is 0.257. The van der Waals surface area contributed by atoms with Crippen molar-refractivity contribution in [2.24, 2.45) is 11.8 Å². The largest absolute Gasteiger partial charge is 0.419 e. The number of hydrogen-bond donors (Lipinski definition) is 0. The van der Waals surface area contributed by atoms with Gasteiger partial charge in [-0.15, -0.1) is 0 Å². The number of carbonyl (C=O) groups is 2. The van der Waals surface area contributed by atoms with E-state index in [-0.39, 0.29) is 23.3 Å². The second kappa shape index (κ2) is 6.59. The normalized spacial score (nSPS) is 20.5. The van der Waals surface area contributed by atoms with Crippen molar-refractivity contribution in [1.82, 2.24) is 4.90 Å². The van der Waals surface area contributed by atoms with E-state index in [9.17, 15) is 19.7 Å². The van der Waals surface area contributed by atoms with Crippen LogP contribution < -0.4 is 4.74 Å². The molecule has 7 heteroatoms. The van der Waals surface area contributed by atoms with E-state index in [4.69, 9.17) is 4.74 Å². The van der Waals surface area contributed by atoms with Crippen molar-refractivity contribution in [2.45, 2.75) is 32.6 Å². The van der Waals surface area contributed by atoms with E-state index < -0.39 is 16.8 Å². The van der Waals surface area contributed by atoms with Crippen LogP contribution in [0.3, 0.4) is 0 Å². The maximum atomic E-state index is 12.4. The van der Waals surface area contributed by atoms with E-state index in [1.54, 1.807) is 24.0 Å². The molecule has 7 nitrogen and oxygen atoms in total. The van der Waals surface area contributed by atoms with Crippen LogP contribution in [0.15, 0.2) is 18.2 Å². The summed E-state index contributed by atoms with van der Waals surface area (Å²) in [6.45, 7) is 2.61. The van der Waals surface area contributed by atoms with E-state index in [0.29, 0.717) is 25.1 Å². The second-order valence-electron chi connectivity index (χ2n) is 6.50. The molecule has 1 atom stereocenters. The number of aryl methyl sites for hydroxylation is 1. The molecule has 1 heterocycles. The highest BCUT2D eigenvalue weighted by atomic mass is 16.6. The van der Waals surface area contributed by atoms with Crippen LogP contribution in [0.4, 0.5) is 5.69 Å². The predicted octanol–water partition coefficient (Wildman–Crippen LogP) is 2.46. The Morgan fingerprint density at radius 2 is 2.00 bits per heavy atom. The van der Waals surface area contributed by atoms with Gasteiger partial charge in [0.15, 0.2) is 0 Å². The third-order valence-corrected chi connectivity index (χ3v) is 4.59. The van der Waals surface area contributed by atoms with Crippen LogP contribution in [0.1, 0.15) is 31.2 Å². The number of hydrogen-bond acceptors (Lipinski definition) is 5. The van der Waals surface area contributed by atoms with Crippen LogP contribution in [0.5, 0.6) is 5.75 Å². The minimum Gasteiger partial charge on any atom is -0.419 e. The zero-order valence-corrected chi connectivity index (χ0v) is 13.6. The van der Waals surface area contributed by atoms with E-state index >= 15 is 0 Å². The Balaban J connectivity index is 1.69. The number of ether oxygens (including phenoxy) is 1. The standard InChI is InChI=1S/C17H20N2O5/c1-11-4-2-6-14(15(11)19(22)23)24-17(21)13-5-3-9-18(10-13)16(20)12-7-8-12/h2,4,6,12-13H,3,5,7-10H2,1H3/t13-/m1/s1. The predicted molar refractivity (Wildman–Crippen MR) is 85.5 cm³/mol. The third kappa shape index (κ3) is 3.39. The van der Waals surface area contributed by atoms with Gasteiger partial charge in [0, 0.05) is 24.6 Å². The summed E-state index contributed by atoms with van der Waals surface area (Å²) < 4.78 is 5.31. The first-order chi connectivity index (χ1) is 11.5. The molecule has 1 aromatic rings. The van der Waals surface area contributed by atoms with Gasteiger partial charge in [-0.05, 0) is 38.7 Å². The second-order valence-corrected chi connectivity index (χ2v) is 6.50. The summed E-state index contributed by atoms with van der Waals surface area (Å²) in [7, 11) is 0. The summed E-state index contributed by atoms with van der Waals surface area (Å²) in [5, 5.41) is 11.2. The van der Waals surface area contributed by atoms with Crippen molar-refractivity contribution in [3.05, 3.63) is 33.9 Å². The zero-order chi connectivity index (χ0) is 17.3. The van der Waals surface area contributed by atoms with E-state index in [1.807, 2.05) is 0 Å². The molecule has 0 radical (unpaired) electrons. The Morgan fingerprint density at radius 3 is 2.67 bits per heavy atom. The van der Waals surface area contributed by atoms with Crippen LogP contribution in [0.25, 0.3) is 0 Å². The van der Waals surface area contributed by atoms with Gasteiger partial charge in [0.25, 0.3) is 0 Å². The van der Waals surface area contributed by atoms with Crippen molar-refractivity contribution < 1.29 is 19.2 Å². The topological polar surface area (TPSA) is 89.8 Å². The number of nitrogens with zero attached hydrogens (tertiary/aromatic N) is 2. The molecule has 1 aliphatic carbocycles. The first kappa shape index (κ1) is 16.4. The van der Waals surface area contributed by atoms with Gasteiger partial charge >= 0.3 is 11.7 Å². The van der Waals surface area contributed by atoms with Gasteiger partial charge in [-0.2, -0.15) is 0 Å². The van der Waals surface area contributed by atoms with Crippen LogP contribution in [0.2, 0.25) is 0 Å². The lowest BCUT2D eigenvalue weighted by Gasteiger charge is -2.31. The maximum Gasteiger partial charge on any atom is 0.316 e. The molecule has 1 aliphatic heterocycles. The lowest BCUT2D eigenvalue weighted by atomic mass is 9.98. The Morgan fingerprint density at radius 1 is 1.25 bits per heavy atom. The lowest BCUT2D eigenvalue weighted by Crippen LogP contribution is -2.44. The molecule has 3 rings (SSSR count). The average Bonchev–Trinajstić information content (AvgIpc) is 3.39. The maximum absolute atomic E-state index is 12.4. The van der Waals surface area contributed by atoms with E-state index in [0.717, 1.165) is 19.3 Å². The number of benzene rings is 1. The first-order valence-corrected chi connectivity index (χ1v) is 8.22. The molecule has 1 saturated heterocycles. The quantitative estimate of drug-likeness (QED) is 0.366. The van der Waals surface area contributed by atoms with Gasteiger partial charge in [-0.1, -0.05) is 12.1 Å². The van der Waals surface area contributed by atoms with Crippen LogP contribution >= 0.6 is 0 Å². The first-order valence-electron chi connectivity index (χ1n) is 8.22. The van der Waals surface area contributed by atoms with E-state index in [1.165, 1.54) is 6.07 Å². The highest BCUT2D eigenvalue weighted by Gasteiger charge is 2.37. The highest BCUT2D eigenvalue weighted by molar-refractivity contribution is 5.83. The summed E-state index contributed by atoms with van der Waals surface area (Å²) >= 11 is 0. The number of nitro benzene ring substituents is 1. The molecule has 24 heavy (non-hydrogen) atoms. The smallest absolute Gasteiger partial charge is 0.316 e. The number of nitro groups is 1.